The highest BCUT2D eigenvalue weighted by atomic mass is 16.5. The van der Waals surface area contributed by atoms with Crippen LogP contribution in [-0.4, -0.2) is 69.1 Å². The van der Waals surface area contributed by atoms with Gasteiger partial charge >= 0.3 is 5.97 Å². The zero-order chi connectivity index (χ0) is 22.4. The number of hydrogen-bond acceptors (Lipinski definition) is 7. The summed E-state index contributed by atoms with van der Waals surface area (Å²) in [6.07, 6.45) is 11.1. The Kier molecular flexibility index (Phi) is 13.9. The molecule has 1 aliphatic rings. The molecule has 6 atom stereocenters. The molecule has 5 N–H and O–H groups in total. The number of carbonyl (C=O) groups excluding carboxylic acids is 1. The minimum absolute atomic E-state index is 0.0970. The van der Waals surface area contributed by atoms with Gasteiger partial charge in [0.05, 0.1) is 24.9 Å². The van der Waals surface area contributed by atoms with Crippen molar-refractivity contribution in [2.45, 2.75) is 89.1 Å². The molecule has 1 saturated carbocycles. The van der Waals surface area contributed by atoms with Crippen LogP contribution >= 0.6 is 0 Å². The van der Waals surface area contributed by atoms with Crippen LogP contribution in [0.3, 0.4) is 0 Å². The van der Waals surface area contributed by atoms with Crippen molar-refractivity contribution in [2.75, 3.05) is 13.2 Å². The second kappa shape index (κ2) is 15.5. The summed E-state index contributed by atoms with van der Waals surface area (Å²) in [5, 5.41) is 48.4. The Bertz CT molecular complexity index is 520. The van der Waals surface area contributed by atoms with Crippen molar-refractivity contribution >= 4 is 5.97 Å². The number of esters is 1. The number of rotatable bonds is 15. The summed E-state index contributed by atoms with van der Waals surface area (Å²) in [5.41, 5.74) is 0. The Morgan fingerprint density at radius 2 is 1.90 bits per heavy atom. The molecule has 0 spiro atoms. The highest BCUT2D eigenvalue weighted by molar-refractivity contribution is 5.69. The molecule has 0 aromatic heterocycles. The standard InChI is InChI=1S/C23H40O7/c1-2-3-6-9-17(25)12-13-20-19(21(27)14-22(20)28)10-7-4-5-8-11-23(29)30-16-18(26)15-24/h4,7,12-13,17-22,24-28H,2-3,5-6,8-11,14-16H2,1H3. The molecule has 0 saturated heterocycles. The summed E-state index contributed by atoms with van der Waals surface area (Å²) in [7, 11) is 0. The van der Waals surface area contributed by atoms with Crippen molar-refractivity contribution < 1.29 is 35.1 Å². The van der Waals surface area contributed by atoms with Gasteiger partial charge in [-0.05, 0) is 31.6 Å². The van der Waals surface area contributed by atoms with Crippen LogP contribution in [0.25, 0.3) is 0 Å². The van der Waals surface area contributed by atoms with Crippen molar-refractivity contribution in [3.05, 3.63) is 24.3 Å². The molecule has 174 valence electrons. The predicted molar refractivity (Wildman–Crippen MR) is 115 cm³/mol. The van der Waals surface area contributed by atoms with Crippen molar-refractivity contribution in [2.24, 2.45) is 11.8 Å². The molecule has 6 unspecified atom stereocenters. The normalized spacial score (nSPS) is 26.5. The van der Waals surface area contributed by atoms with Gasteiger partial charge in [-0.25, -0.2) is 0 Å². The number of ether oxygens (including phenoxy) is 1. The first-order valence-electron chi connectivity index (χ1n) is 11.2. The van der Waals surface area contributed by atoms with E-state index in [2.05, 4.69) is 6.92 Å². The monoisotopic (exact) mass is 428 g/mol. The van der Waals surface area contributed by atoms with Gasteiger partial charge in [-0.2, -0.15) is 0 Å². The van der Waals surface area contributed by atoms with E-state index in [0.717, 1.165) is 19.3 Å². The third-order valence-corrected chi connectivity index (χ3v) is 5.55. The lowest BCUT2D eigenvalue weighted by atomic mass is 9.89. The molecular weight excluding hydrogens is 388 g/mol. The van der Waals surface area contributed by atoms with E-state index in [-0.39, 0.29) is 24.9 Å². The Balaban J connectivity index is 2.36. The van der Waals surface area contributed by atoms with E-state index in [1.54, 1.807) is 6.08 Å². The number of unbranched alkanes of at least 4 members (excludes halogenated alkanes) is 3. The maximum absolute atomic E-state index is 11.5. The van der Waals surface area contributed by atoms with E-state index in [1.807, 2.05) is 18.2 Å². The van der Waals surface area contributed by atoms with Gasteiger partial charge in [0.2, 0.25) is 0 Å². The lowest BCUT2D eigenvalue weighted by Crippen LogP contribution is -2.21. The van der Waals surface area contributed by atoms with Gasteiger partial charge in [0.15, 0.2) is 0 Å². The fourth-order valence-corrected chi connectivity index (χ4v) is 3.71. The van der Waals surface area contributed by atoms with Crippen LogP contribution in [0.15, 0.2) is 24.3 Å². The van der Waals surface area contributed by atoms with Crippen LogP contribution in [0.5, 0.6) is 0 Å². The fourth-order valence-electron chi connectivity index (χ4n) is 3.71. The lowest BCUT2D eigenvalue weighted by Gasteiger charge is -2.19. The van der Waals surface area contributed by atoms with E-state index >= 15 is 0 Å². The molecule has 0 aromatic carbocycles. The quantitative estimate of drug-likeness (QED) is 0.153. The Morgan fingerprint density at radius 1 is 1.13 bits per heavy atom. The van der Waals surface area contributed by atoms with Gasteiger partial charge in [0, 0.05) is 18.8 Å². The van der Waals surface area contributed by atoms with Gasteiger partial charge < -0.3 is 30.3 Å². The minimum atomic E-state index is -1.04. The van der Waals surface area contributed by atoms with Crippen LogP contribution in [0.1, 0.15) is 64.7 Å². The summed E-state index contributed by atoms with van der Waals surface area (Å²) in [6.45, 7) is 1.48. The maximum atomic E-state index is 11.5. The molecule has 1 fully saturated rings. The van der Waals surface area contributed by atoms with E-state index in [4.69, 9.17) is 14.9 Å². The van der Waals surface area contributed by atoms with Crippen molar-refractivity contribution in [3.8, 4) is 0 Å². The Morgan fingerprint density at radius 3 is 2.60 bits per heavy atom. The van der Waals surface area contributed by atoms with Gasteiger partial charge in [0.1, 0.15) is 12.7 Å². The first kappa shape index (κ1) is 26.8. The average molecular weight is 429 g/mol. The molecule has 0 radical (unpaired) electrons. The third kappa shape index (κ3) is 10.7. The predicted octanol–water partition coefficient (Wildman–Crippen LogP) is 1.85. The number of allylic oxidation sites excluding steroid dienone is 2. The maximum Gasteiger partial charge on any atom is 0.305 e. The van der Waals surface area contributed by atoms with Crippen LogP contribution in [0.4, 0.5) is 0 Å². The molecular formula is C23H40O7. The highest BCUT2D eigenvalue weighted by Crippen LogP contribution is 2.36. The summed E-state index contributed by atoms with van der Waals surface area (Å²) < 4.78 is 4.84. The molecule has 0 aromatic rings. The van der Waals surface area contributed by atoms with Crippen molar-refractivity contribution in [1.29, 1.82) is 0 Å². The van der Waals surface area contributed by atoms with E-state index < -0.39 is 37.0 Å². The second-order valence-electron chi connectivity index (χ2n) is 8.18. The number of hydrogen-bond donors (Lipinski definition) is 5. The topological polar surface area (TPSA) is 127 Å². The average Bonchev–Trinajstić information content (AvgIpc) is 2.99. The van der Waals surface area contributed by atoms with Gasteiger partial charge in [-0.3, -0.25) is 4.79 Å². The van der Waals surface area contributed by atoms with E-state index in [9.17, 15) is 20.1 Å². The first-order chi connectivity index (χ1) is 14.4. The summed E-state index contributed by atoms with van der Waals surface area (Å²) in [4.78, 5) is 11.5. The molecule has 7 nitrogen and oxygen atoms in total. The van der Waals surface area contributed by atoms with E-state index in [0.29, 0.717) is 32.1 Å². The molecule has 0 heterocycles. The number of carbonyl (C=O) groups is 1. The molecule has 7 heteroatoms. The van der Waals surface area contributed by atoms with Crippen LogP contribution < -0.4 is 0 Å². The zero-order valence-corrected chi connectivity index (χ0v) is 18.1. The summed E-state index contributed by atoms with van der Waals surface area (Å²) >= 11 is 0. The molecule has 1 aliphatic carbocycles. The molecule has 0 amide bonds. The lowest BCUT2D eigenvalue weighted by molar-refractivity contribution is -0.147. The number of aliphatic hydroxyl groups excluding tert-OH is 5. The fraction of sp³-hybridized carbons (Fsp3) is 0.783. The third-order valence-electron chi connectivity index (χ3n) is 5.55. The number of aliphatic hydroxyl groups is 5. The van der Waals surface area contributed by atoms with Crippen LogP contribution in [-0.2, 0) is 9.53 Å². The molecule has 1 rings (SSSR count). The van der Waals surface area contributed by atoms with Gasteiger partial charge in [0.25, 0.3) is 0 Å². The van der Waals surface area contributed by atoms with E-state index in [1.165, 1.54) is 0 Å². The second-order valence-corrected chi connectivity index (χ2v) is 8.18. The smallest absolute Gasteiger partial charge is 0.305 e. The van der Waals surface area contributed by atoms with Crippen molar-refractivity contribution in [1.82, 2.24) is 0 Å². The Labute approximate surface area is 180 Å². The molecule has 0 bridgehead atoms. The largest absolute Gasteiger partial charge is 0.463 e. The summed E-state index contributed by atoms with van der Waals surface area (Å²) in [5.74, 6) is -0.688. The van der Waals surface area contributed by atoms with Crippen molar-refractivity contribution in [3.63, 3.8) is 0 Å². The van der Waals surface area contributed by atoms with Gasteiger partial charge in [-0.1, -0.05) is 50.5 Å². The molecule has 0 aliphatic heterocycles. The zero-order valence-electron chi connectivity index (χ0n) is 18.1. The minimum Gasteiger partial charge on any atom is -0.463 e. The highest BCUT2D eigenvalue weighted by Gasteiger charge is 2.39. The first-order valence-corrected chi connectivity index (χ1v) is 11.2. The molecule has 30 heavy (non-hydrogen) atoms. The van der Waals surface area contributed by atoms with Gasteiger partial charge in [-0.15, -0.1) is 0 Å². The van der Waals surface area contributed by atoms with Crippen LogP contribution in [0.2, 0.25) is 0 Å². The summed E-state index contributed by atoms with van der Waals surface area (Å²) in [6, 6.07) is 0. The van der Waals surface area contributed by atoms with Crippen LogP contribution in [0, 0.1) is 11.8 Å². The SMILES string of the molecule is CCCCCC(O)C=CC1C(O)CC(O)C1CC=CCCCC(=O)OCC(O)CO. The Hall–Kier alpha value is -1.25.